The van der Waals surface area contributed by atoms with Crippen LogP contribution < -0.4 is 0 Å². The zero-order chi connectivity index (χ0) is 58.6. The number of hydrogen-bond acceptors (Lipinski definition) is 14. The highest BCUT2D eigenvalue weighted by atomic mass is 16.7. The van der Waals surface area contributed by atoms with Gasteiger partial charge in [0.1, 0.15) is 54.9 Å². The predicted molar refractivity (Wildman–Crippen MR) is 325 cm³/mol. The molecule has 11 unspecified atom stereocenters. The fourth-order valence-corrected chi connectivity index (χ4v) is 9.24. The summed E-state index contributed by atoms with van der Waals surface area (Å²) in [4.78, 5) is 13.1. The molecule has 2 aliphatic rings. The molecule has 0 aliphatic carbocycles. The Balaban J connectivity index is 1.71. The van der Waals surface area contributed by atoms with E-state index >= 15 is 0 Å². The summed E-state index contributed by atoms with van der Waals surface area (Å²) in [5.41, 5.74) is 0. The van der Waals surface area contributed by atoms with Crippen molar-refractivity contribution in [1.29, 1.82) is 0 Å². The molecule has 2 rings (SSSR count). The van der Waals surface area contributed by atoms with Crippen molar-refractivity contribution in [1.82, 2.24) is 0 Å². The summed E-state index contributed by atoms with van der Waals surface area (Å²) in [5, 5.41) is 72.5. The Bertz CT molecular complexity index is 1750. The molecule has 0 amide bonds. The highest BCUT2D eigenvalue weighted by Gasteiger charge is 2.47. The molecule has 14 heteroatoms. The Morgan fingerprint density at radius 2 is 0.802 bits per heavy atom. The number of aliphatic hydroxyl groups excluding tert-OH is 7. The minimum absolute atomic E-state index is 0.0347. The Kier molecular flexibility index (Phi) is 47.5. The molecule has 11 atom stereocenters. The van der Waals surface area contributed by atoms with Crippen LogP contribution in [0.3, 0.4) is 0 Å². The van der Waals surface area contributed by atoms with Gasteiger partial charge < -0.3 is 64.2 Å². The molecule has 0 spiro atoms. The average Bonchev–Trinajstić information content (AvgIpc) is 3.46. The SMILES string of the molecule is CC/C=C\C/C=C\C/C=C\C/C=C\C/C=C\C/C=C\CCCCC(=O)OC(COCCCCCCCCCCCCC/C=C\C/C=C\C/C=C\CCCCCCC)COC1OC(COC2OC(CO)C(O)C(O)C2O)C(O)C(O)C1O. The first-order valence-electron chi connectivity index (χ1n) is 31.5. The maximum Gasteiger partial charge on any atom is 0.306 e. The van der Waals surface area contributed by atoms with Crippen LogP contribution in [0.1, 0.15) is 206 Å². The van der Waals surface area contributed by atoms with Gasteiger partial charge in [0.2, 0.25) is 0 Å². The first-order chi connectivity index (χ1) is 39.6. The molecule has 7 N–H and O–H groups in total. The van der Waals surface area contributed by atoms with Gasteiger partial charge in [-0.2, -0.15) is 0 Å². The smallest absolute Gasteiger partial charge is 0.306 e. The minimum Gasteiger partial charge on any atom is -0.457 e. The van der Waals surface area contributed by atoms with Gasteiger partial charge in [0.25, 0.3) is 0 Å². The first-order valence-corrected chi connectivity index (χ1v) is 31.5. The van der Waals surface area contributed by atoms with E-state index in [4.69, 9.17) is 28.4 Å². The molecule has 0 aromatic heterocycles. The number of carbonyl (C=O) groups excluding carboxylic acids is 1. The van der Waals surface area contributed by atoms with E-state index in [0.717, 1.165) is 89.9 Å². The molecular weight excluding hydrogens is 1030 g/mol. The van der Waals surface area contributed by atoms with Crippen LogP contribution in [-0.4, -0.2) is 142 Å². The molecule has 0 bridgehead atoms. The van der Waals surface area contributed by atoms with Crippen molar-refractivity contribution >= 4 is 5.97 Å². The number of unbranched alkanes of at least 4 members (excludes halogenated alkanes) is 18. The third kappa shape index (κ3) is 38.3. The van der Waals surface area contributed by atoms with Gasteiger partial charge in [-0.15, -0.1) is 0 Å². The normalized spacial score (nSPS) is 24.5. The topological polar surface area (TPSA) is 214 Å². The van der Waals surface area contributed by atoms with Crippen molar-refractivity contribution in [3.05, 3.63) is 109 Å². The van der Waals surface area contributed by atoms with Gasteiger partial charge in [-0.1, -0.05) is 207 Å². The first kappa shape index (κ1) is 73.8. The third-order valence-corrected chi connectivity index (χ3v) is 14.3. The quantitative estimate of drug-likeness (QED) is 0.0172. The molecular formula is C67H112O14. The number of rotatable bonds is 50. The van der Waals surface area contributed by atoms with Crippen molar-refractivity contribution in [3.8, 4) is 0 Å². The number of hydrogen-bond donors (Lipinski definition) is 7. The lowest BCUT2D eigenvalue weighted by Crippen LogP contribution is -2.61. The van der Waals surface area contributed by atoms with E-state index in [1.807, 2.05) is 0 Å². The number of carbonyl (C=O) groups is 1. The van der Waals surface area contributed by atoms with Crippen LogP contribution in [0.5, 0.6) is 0 Å². The van der Waals surface area contributed by atoms with Crippen molar-refractivity contribution in [3.63, 3.8) is 0 Å². The summed E-state index contributed by atoms with van der Waals surface area (Å²) in [6.45, 7) is 3.49. The van der Waals surface area contributed by atoms with Gasteiger partial charge in [0.15, 0.2) is 12.6 Å². The molecule has 14 nitrogen and oxygen atoms in total. The Hall–Kier alpha value is -3.35. The van der Waals surface area contributed by atoms with E-state index in [0.29, 0.717) is 13.0 Å². The highest BCUT2D eigenvalue weighted by Crippen LogP contribution is 2.27. The standard InChI is InChI=1S/C67H112O14/c1-3-5-7-9-11-13-15-17-19-21-23-25-26-27-28-29-31-33-35-37-39-41-43-45-47-49-51-76-53-56(54-77-66-65(75)63(73)61(71)58(81-66)55-78-67-64(74)62(72)60(70)57(52-68)80-67)79-59(69)50-48-46-44-42-40-38-36-34-32-30-24-22-20-18-16-14-12-10-8-6-4-2/h6,8,12,14-15,17-18,20-21,23-24,26-27,30,34,36,40,42,56-58,60-68,70-75H,3-5,7,9-11,13,16,19,22,25,28-29,31-33,35,37-39,41,43-55H2,1-2H3/b8-6-,14-12-,17-15-,20-18-,23-21-,27-26-,30-24-,36-34-,42-40-. The summed E-state index contributed by atoms with van der Waals surface area (Å²) in [5.74, 6) is -0.421. The van der Waals surface area contributed by atoms with E-state index in [1.54, 1.807) is 0 Å². The molecule has 0 radical (unpaired) electrons. The van der Waals surface area contributed by atoms with Crippen molar-refractivity contribution < 1.29 is 69.0 Å². The lowest BCUT2D eigenvalue weighted by atomic mass is 9.98. The summed E-state index contributed by atoms with van der Waals surface area (Å²) < 4.78 is 34.4. The van der Waals surface area contributed by atoms with Crippen LogP contribution in [-0.2, 0) is 33.2 Å². The molecule has 81 heavy (non-hydrogen) atoms. The lowest BCUT2D eigenvalue weighted by Gasteiger charge is -2.42. The Labute approximate surface area is 489 Å². The van der Waals surface area contributed by atoms with Crippen LogP contribution in [0.15, 0.2) is 109 Å². The van der Waals surface area contributed by atoms with E-state index in [9.17, 15) is 40.5 Å². The van der Waals surface area contributed by atoms with E-state index in [1.165, 1.54) is 89.9 Å². The van der Waals surface area contributed by atoms with E-state index < -0.39 is 86.7 Å². The van der Waals surface area contributed by atoms with E-state index in [2.05, 4.69) is 123 Å². The van der Waals surface area contributed by atoms with Crippen molar-refractivity contribution in [2.24, 2.45) is 0 Å². The van der Waals surface area contributed by atoms with Crippen LogP contribution >= 0.6 is 0 Å². The zero-order valence-electron chi connectivity index (χ0n) is 50.0. The fraction of sp³-hybridized carbons (Fsp3) is 0.716. The van der Waals surface area contributed by atoms with Gasteiger partial charge >= 0.3 is 5.97 Å². The second kappa shape index (κ2) is 52.2. The average molecular weight is 1140 g/mol. The molecule has 2 saturated heterocycles. The Morgan fingerprint density at radius 3 is 1.26 bits per heavy atom. The van der Waals surface area contributed by atoms with Crippen LogP contribution in [0.2, 0.25) is 0 Å². The molecule has 0 aromatic rings. The molecule has 2 heterocycles. The number of allylic oxidation sites excluding steroid dienone is 18. The van der Waals surface area contributed by atoms with Gasteiger partial charge in [0.05, 0.1) is 26.4 Å². The molecule has 0 aromatic carbocycles. The van der Waals surface area contributed by atoms with Crippen LogP contribution in [0, 0.1) is 0 Å². The Morgan fingerprint density at radius 1 is 0.420 bits per heavy atom. The van der Waals surface area contributed by atoms with Gasteiger partial charge in [-0.25, -0.2) is 0 Å². The molecule has 0 saturated carbocycles. The maximum absolute atomic E-state index is 13.1. The predicted octanol–water partition coefficient (Wildman–Crippen LogP) is 12.3. The monoisotopic (exact) mass is 1140 g/mol. The van der Waals surface area contributed by atoms with Crippen LogP contribution in [0.25, 0.3) is 0 Å². The number of esters is 1. The highest BCUT2D eigenvalue weighted by molar-refractivity contribution is 5.69. The summed E-state index contributed by atoms with van der Waals surface area (Å²) in [6.07, 6.45) is 55.8. The molecule has 464 valence electrons. The second-order valence-electron chi connectivity index (χ2n) is 21.5. The van der Waals surface area contributed by atoms with Gasteiger partial charge in [0, 0.05) is 13.0 Å². The van der Waals surface area contributed by atoms with Gasteiger partial charge in [-0.05, 0) is 103 Å². The minimum atomic E-state index is -1.72. The summed E-state index contributed by atoms with van der Waals surface area (Å²) in [7, 11) is 0. The largest absolute Gasteiger partial charge is 0.457 e. The van der Waals surface area contributed by atoms with Gasteiger partial charge in [-0.3, -0.25) is 4.79 Å². The van der Waals surface area contributed by atoms with Crippen LogP contribution in [0.4, 0.5) is 0 Å². The third-order valence-electron chi connectivity index (χ3n) is 14.3. The number of ether oxygens (including phenoxy) is 6. The lowest BCUT2D eigenvalue weighted by molar-refractivity contribution is -0.332. The molecule has 2 fully saturated rings. The summed E-state index contributed by atoms with van der Waals surface area (Å²) >= 11 is 0. The van der Waals surface area contributed by atoms with Crippen molar-refractivity contribution in [2.75, 3.05) is 33.0 Å². The molecule has 2 aliphatic heterocycles. The fourth-order valence-electron chi connectivity index (χ4n) is 9.24. The van der Waals surface area contributed by atoms with Crippen molar-refractivity contribution in [2.45, 2.75) is 274 Å². The van der Waals surface area contributed by atoms with E-state index in [-0.39, 0.29) is 19.6 Å². The summed E-state index contributed by atoms with van der Waals surface area (Å²) in [6, 6.07) is 0. The zero-order valence-corrected chi connectivity index (χ0v) is 50.0. The number of aliphatic hydroxyl groups is 7. The maximum atomic E-state index is 13.1. The second-order valence-corrected chi connectivity index (χ2v) is 21.5.